The summed E-state index contributed by atoms with van der Waals surface area (Å²) in [5.41, 5.74) is -0.599. The summed E-state index contributed by atoms with van der Waals surface area (Å²) < 4.78 is 37.3. The Hall–Kier alpha value is -2.08. The zero-order valence-corrected chi connectivity index (χ0v) is 16.3. The molecule has 0 radical (unpaired) electrons. The lowest BCUT2D eigenvalue weighted by Crippen LogP contribution is -2.69. The molecular formula is C15H24N4O7S. The highest BCUT2D eigenvalue weighted by molar-refractivity contribution is 7.84. The van der Waals surface area contributed by atoms with Crippen LogP contribution >= 0.6 is 0 Å². The van der Waals surface area contributed by atoms with E-state index in [4.69, 9.17) is 9.29 Å². The third-order valence-electron chi connectivity index (χ3n) is 4.83. The lowest BCUT2D eigenvalue weighted by molar-refractivity contribution is -0.143. The van der Waals surface area contributed by atoms with E-state index < -0.39 is 40.0 Å². The van der Waals surface area contributed by atoms with E-state index in [1.54, 1.807) is 20.8 Å². The van der Waals surface area contributed by atoms with Crippen molar-refractivity contribution in [2.75, 3.05) is 32.7 Å². The molecule has 3 heterocycles. The number of fused-ring (bicyclic) bond motifs is 1. The minimum atomic E-state index is -4.60. The van der Waals surface area contributed by atoms with Crippen LogP contribution in [0.3, 0.4) is 0 Å². The molecular weight excluding hydrogens is 380 g/mol. The van der Waals surface area contributed by atoms with Gasteiger partial charge >= 0.3 is 22.4 Å². The average Bonchev–Trinajstić information content (AvgIpc) is 2.90. The predicted molar refractivity (Wildman–Crippen MR) is 92.1 cm³/mol. The molecule has 2 atom stereocenters. The molecule has 4 amide bonds. The number of piperazine rings is 1. The van der Waals surface area contributed by atoms with E-state index in [9.17, 15) is 22.8 Å². The molecule has 3 aliphatic heterocycles. The molecule has 0 unspecified atom stereocenters. The minimum Gasteiger partial charge on any atom is -0.444 e. The highest BCUT2D eigenvalue weighted by Gasteiger charge is 2.60. The van der Waals surface area contributed by atoms with E-state index in [1.807, 2.05) is 0 Å². The van der Waals surface area contributed by atoms with E-state index in [1.165, 1.54) is 14.7 Å². The quantitative estimate of drug-likeness (QED) is 0.471. The largest absolute Gasteiger partial charge is 0.444 e. The van der Waals surface area contributed by atoms with Crippen molar-refractivity contribution in [1.29, 1.82) is 0 Å². The van der Waals surface area contributed by atoms with Gasteiger partial charge in [0.05, 0.1) is 6.04 Å². The third-order valence-corrected chi connectivity index (χ3v) is 5.78. The van der Waals surface area contributed by atoms with Crippen LogP contribution in [0.5, 0.6) is 0 Å². The number of likely N-dealkylation sites (tertiary alicyclic amines) is 1. The lowest BCUT2D eigenvalue weighted by Gasteiger charge is -2.44. The fourth-order valence-corrected chi connectivity index (χ4v) is 4.52. The molecule has 0 aromatic rings. The van der Waals surface area contributed by atoms with Gasteiger partial charge in [0, 0.05) is 32.7 Å². The van der Waals surface area contributed by atoms with Crippen LogP contribution in [0.4, 0.5) is 9.59 Å². The molecule has 0 spiro atoms. The Morgan fingerprint density at radius 1 is 1.07 bits per heavy atom. The first-order valence-electron chi connectivity index (χ1n) is 8.74. The Bertz CT molecular complexity index is 755. The summed E-state index contributed by atoms with van der Waals surface area (Å²) >= 11 is 0. The number of carbonyl (C=O) groups excluding carboxylic acids is 3. The first-order chi connectivity index (χ1) is 12.4. The molecule has 0 bridgehead atoms. The molecule has 0 aliphatic carbocycles. The SMILES string of the molecule is CC(C)(C)OC(=O)N1CCN(C(=O)N2CC[C@@H]3[C@H]2C(=O)N3S(=O)(=O)O)CC1. The Balaban J connectivity index is 1.57. The normalized spacial score (nSPS) is 26.0. The van der Waals surface area contributed by atoms with Crippen molar-refractivity contribution in [2.24, 2.45) is 0 Å². The van der Waals surface area contributed by atoms with E-state index in [0.717, 1.165) is 0 Å². The molecule has 1 N–H and O–H groups in total. The highest BCUT2D eigenvalue weighted by atomic mass is 32.2. The van der Waals surface area contributed by atoms with Crippen molar-refractivity contribution < 1.29 is 32.1 Å². The summed E-state index contributed by atoms with van der Waals surface area (Å²) in [5.74, 6) is -0.791. The second-order valence-electron chi connectivity index (χ2n) is 7.84. The monoisotopic (exact) mass is 404 g/mol. The van der Waals surface area contributed by atoms with Gasteiger partial charge < -0.3 is 19.4 Å². The molecule has 0 aromatic carbocycles. The average molecular weight is 404 g/mol. The van der Waals surface area contributed by atoms with Crippen LogP contribution in [-0.2, 0) is 19.8 Å². The number of β-lactam (4-membered cyclic amide) rings is 1. The van der Waals surface area contributed by atoms with Crippen molar-refractivity contribution >= 4 is 28.3 Å². The first-order valence-corrected chi connectivity index (χ1v) is 10.1. The molecule has 12 heteroatoms. The van der Waals surface area contributed by atoms with Crippen LogP contribution in [0.1, 0.15) is 27.2 Å². The van der Waals surface area contributed by atoms with Crippen LogP contribution in [0, 0.1) is 0 Å². The minimum absolute atomic E-state index is 0.234. The Labute approximate surface area is 157 Å². The number of urea groups is 1. The van der Waals surface area contributed by atoms with Gasteiger partial charge in [-0.05, 0) is 27.2 Å². The summed E-state index contributed by atoms with van der Waals surface area (Å²) in [7, 11) is -4.60. The molecule has 3 aliphatic rings. The van der Waals surface area contributed by atoms with Crippen LogP contribution in [0.2, 0.25) is 0 Å². The third kappa shape index (κ3) is 3.68. The van der Waals surface area contributed by atoms with Gasteiger partial charge in [-0.3, -0.25) is 9.35 Å². The van der Waals surface area contributed by atoms with E-state index in [2.05, 4.69) is 0 Å². The number of nitrogens with zero attached hydrogens (tertiary/aromatic N) is 4. The van der Waals surface area contributed by atoms with Crippen molar-refractivity contribution in [2.45, 2.75) is 44.9 Å². The summed E-state index contributed by atoms with van der Waals surface area (Å²) in [6.45, 7) is 6.78. The van der Waals surface area contributed by atoms with E-state index in [-0.39, 0.29) is 12.6 Å². The van der Waals surface area contributed by atoms with E-state index >= 15 is 0 Å². The van der Waals surface area contributed by atoms with Gasteiger partial charge in [-0.15, -0.1) is 0 Å². The van der Waals surface area contributed by atoms with Crippen molar-refractivity contribution in [1.82, 2.24) is 19.0 Å². The molecule has 0 aromatic heterocycles. The topological polar surface area (TPSA) is 128 Å². The standard InChI is InChI=1S/C15H24N4O7S/c1-15(2,3)26-14(22)17-8-6-16(7-9-17)13(21)18-5-4-10-11(18)12(20)19(10)27(23,24)25/h10-11H,4-9H2,1-3H3,(H,23,24,25)/t10-,11+/m1/s1. The number of carbonyl (C=O) groups is 3. The predicted octanol–water partition coefficient (Wildman–Crippen LogP) is -0.253. The van der Waals surface area contributed by atoms with Gasteiger partial charge in [-0.1, -0.05) is 0 Å². The molecule has 11 nitrogen and oxygen atoms in total. The smallest absolute Gasteiger partial charge is 0.410 e. The maximum Gasteiger partial charge on any atom is 0.410 e. The van der Waals surface area contributed by atoms with Crippen molar-refractivity contribution in [3.8, 4) is 0 Å². The Morgan fingerprint density at radius 2 is 1.63 bits per heavy atom. The first kappa shape index (κ1) is 19.7. The van der Waals surface area contributed by atoms with Crippen LogP contribution in [0.25, 0.3) is 0 Å². The van der Waals surface area contributed by atoms with Crippen LogP contribution < -0.4 is 0 Å². The number of hydrogen-bond donors (Lipinski definition) is 1. The molecule has 0 saturated carbocycles. The highest BCUT2D eigenvalue weighted by Crippen LogP contribution is 2.36. The van der Waals surface area contributed by atoms with Crippen molar-refractivity contribution in [3.05, 3.63) is 0 Å². The second kappa shape index (κ2) is 6.51. The number of rotatable bonds is 1. The number of hydrogen-bond acceptors (Lipinski definition) is 6. The molecule has 3 saturated heterocycles. The summed E-state index contributed by atoms with van der Waals surface area (Å²) in [5, 5.41) is 0. The zero-order valence-electron chi connectivity index (χ0n) is 15.5. The maximum atomic E-state index is 12.7. The Kier molecular flexibility index (Phi) is 4.75. The number of amides is 4. The van der Waals surface area contributed by atoms with Gasteiger partial charge in [0.2, 0.25) is 0 Å². The lowest BCUT2D eigenvalue weighted by atomic mass is 10.0. The zero-order chi connectivity index (χ0) is 20.1. The van der Waals surface area contributed by atoms with Crippen molar-refractivity contribution in [3.63, 3.8) is 0 Å². The fraction of sp³-hybridized carbons (Fsp3) is 0.800. The van der Waals surface area contributed by atoms with Gasteiger partial charge in [0.15, 0.2) is 0 Å². The number of ether oxygens (including phenoxy) is 1. The molecule has 3 fully saturated rings. The van der Waals surface area contributed by atoms with Gasteiger partial charge in [0.1, 0.15) is 11.6 Å². The second-order valence-corrected chi connectivity index (χ2v) is 9.13. The molecule has 3 rings (SSSR count). The summed E-state index contributed by atoms with van der Waals surface area (Å²) in [6, 6.07) is -1.93. The summed E-state index contributed by atoms with van der Waals surface area (Å²) in [6.07, 6.45) is -0.145. The van der Waals surface area contributed by atoms with Gasteiger partial charge in [-0.2, -0.15) is 8.42 Å². The maximum absolute atomic E-state index is 12.7. The van der Waals surface area contributed by atoms with Gasteiger partial charge in [0.25, 0.3) is 5.91 Å². The Morgan fingerprint density at radius 3 is 2.15 bits per heavy atom. The van der Waals surface area contributed by atoms with Gasteiger partial charge in [-0.25, -0.2) is 13.9 Å². The summed E-state index contributed by atoms with van der Waals surface area (Å²) in [4.78, 5) is 41.3. The fourth-order valence-electron chi connectivity index (χ4n) is 3.62. The van der Waals surface area contributed by atoms with E-state index in [0.29, 0.717) is 36.9 Å². The molecule has 152 valence electrons. The van der Waals surface area contributed by atoms with Crippen LogP contribution in [0.15, 0.2) is 0 Å². The van der Waals surface area contributed by atoms with Crippen LogP contribution in [-0.4, -0.2) is 100 Å². The molecule has 27 heavy (non-hydrogen) atoms.